The molecular formula is C23H28O2. The Hall–Kier alpha value is -1.64. The number of ether oxygens (including phenoxy) is 2. The van der Waals surface area contributed by atoms with E-state index in [1.165, 1.54) is 22.3 Å². The molecule has 132 valence electrons. The molecule has 1 saturated heterocycles. The average Bonchev–Trinajstić information content (AvgIpc) is 3.09. The number of aryl methyl sites for hydroxylation is 1. The molecule has 0 aromatic heterocycles. The second kappa shape index (κ2) is 6.59. The third kappa shape index (κ3) is 3.38. The molecule has 2 heteroatoms. The van der Waals surface area contributed by atoms with Crippen LogP contribution < -0.4 is 0 Å². The van der Waals surface area contributed by atoms with Crippen molar-refractivity contribution in [2.75, 3.05) is 13.2 Å². The zero-order valence-electron chi connectivity index (χ0n) is 15.4. The van der Waals surface area contributed by atoms with Crippen LogP contribution in [-0.4, -0.2) is 19.0 Å². The van der Waals surface area contributed by atoms with Gasteiger partial charge in [0, 0.05) is 12.8 Å². The summed E-state index contributed by atoms with van der Waals surface area (Å²) in [5.41, 5.74) is 5.86. The van der Waals surface area contributed by atoms with E-state index in [2.05, 4.69) is 62.4 Å². The maximum atomic E-state index is 5.89. The summed E-state index contributed by atoms with van der Waals surface area (Å²) in [5, 5.41) is 0. The molecule has 2 aromatic carbocycles. The Bertz CT molecular complexity index is 716. The van der Waals surface area contributed by atoms with Crippen molar-refractivity contribution >= 4 is 0 Å². The van der Waals surface area contributed by atoms with Gasteiger partial charge in [0.1, 0.15) is 0 Å². The van der Waals surface area contributed by atoms with Gasteiger partial charge in [0.2, 0.25) is 0 Å². The third-order valence-electron chi connectivity index (χ3n) is 6.24. The van der Waals surface area contributed by atoms with Gasteiger partial charge in [-0.1, -0.05) is 55.5 Å². The zero-order chi connectivity index (χ0) is 17.3. The fourth-order valence-electron chi connectivity index (χ4n) is 4.31. The van der Waals surface area contributed by atoms with E-state index in [-0.39, 0.29) is 11.2 Å². The van der Waals surface area contributed by atoms with E-state index < -0.39 is 0 Å². The SMILES string of the molecule is Cc1ccccc1Cc1ccc(C2(C)CCC3(CC2)OCCO3)cc1. The van der Waals surface area contributed by atoms with E-state index in [1.54, 1.807) is 0 Å². The largest absolute Gasteiger partial charge is 0.348 e. The summed E-state index contributed by atoms with van der Waals surface area (Å²) in [6, 6.07) is 17.9. The lowest BCUT2D eigenvalue weighted by Crippen LogP contribution is -2.40. The third-order valence-corrected chi connectivity index (χ3v) is 6.24. The van der Waals surface area contributed by atoms with Crippen LogP contribution in [-0.2, 0) is 21.3 Å². The van der Waals surface area contributed by atoms with Crippen molar-refractivity contribution in [3.8, 4) is 0 Å². The van der Waals surface area contributed by atoms with Crippen LogP contribution in [0.25, 0.3) is 0 Å². The first-order valence-corrected chi connectivity index (χ1v) is 9.51. The molecule has 0 N–H and O–H groups in total. The van der Waals surface area contributed by atoms with Crippen LogP contribution in [0.3, 0.4) is 0 Å². The standard InChI is InChI=1S/C23H28O2/c1-18-5-3-4-6-20(18)17-19-7-9-21(10-8-19)22(2)11-13-23(14-12-22)24-15-16-25-23/h3-10H,11-17H2,1-2H3. The Morgan fingerprint density at radius 3 is 2.12 bits per heavy atom. The number of rotatable bonds is 3. The van der Waals surface area contributed by atoms with Gasteiger partial charge < -0.3 is 9.47 Å². The lowest BCUT2D eigenvalue weighted by molar-refractivity contribution is -0.184. The minimum Gasteiger partial charge on any atom is -0.348 e. The molecule has 0 radical (unpaired) electrons. The minimum atomic E-state index is -0.274. The van der Waals surface area contributed by atoms with Gasteiger partial charge in [-0.25, -0.2) is 0 Å². The molecule has 0 amide bonds. The van der Waals surface area contributed by atoms with Gasteiger partial charge in [-0.2, -0.15) is 0 Å². The first kappa shape index (κ1) is 16.8. The minimum absolute atomic E-state index is 0.238. The fourth-order valence-corrected chi connectivity index (χ4v) is 4.31. The maximum Gasteiger partial charge on any atom is 0.168 e. The van der Waals surface area contributed by atoms with Crippen molar-refractivity contribution in [3.05, 3.63) is 70.8 Å². The summed E-state index contributed by atoms with van der Waals surface area (Å²) in [4.78, 5) is 0. The van der Waals surface area contributed by atoms with Crippen LogP contribution in [0.15, 0.2) is 48.5 Å². The van der Waals surface area contributed by atoms with Crippen LogP contribution in [0.1, 0.15) is 54.9 Å². The maximum absolute atomic E-state index is 5.89. The number of hydrogen-bond donors (Lipinski definition) is 0. The van der Waals surface area contributed by atoms with Crippen molar-refractivity contribution in [2.24, 2.45) is 0 Å². The molecule has 2 nitrogen and oxygen atoms in total. The van der Waals surface area contributed by atoms with E-state index in [0.29, 0.717) is 0 Å². The lowest BCUT2D eigenvalue weighted by atomic mass is 9.69. The Morgan fingerprint density at radius 2 is 1.48 bits per heavy atom. The summed E-state index contributed by atoms with van der Waals surface area (Å²) in [6.45, 7) is 6.09. The number of benzene rings is 2. The monoisotopic (exact) mass is 336 g/mol. The molecule has 2 aromatic rings. The Kier molecular flexibility index (Phi) is 4.43. The Morgan fingerprint density at radius 1 is 0.840 bits per heavy atom. The van der Waals surface area contributed by atoms with Crippen molar-refractivity contribution in [3.63, 3.8) is 0 Å². The van der Waals surface area contributed by atoms with Gasteiger partial charge in [-0.05, 0) is 53.9 Å². The summed E-state index contributed by atoms with van der Waals surface area (Å²) in [5.74, 6) is -0.274. The molecule has 25 heavy (non-hydrogen) atoms. The molecular weight excluding hydrogens is 308 g/mol. The van der Waals surface area contributed by atoms with E-state index in [1.807, 2.05) is 0 Å². The normalized spacial score (nSPS) is 21.5. The second-order valence-electron chi connectivity index (χ2n) is 7.97. The van der Waals surface area contributed by atoms with Crippen molar-refractivity contribution in [1.82, 2.24) is 0 Å². The Labute approximate surface area is 151 Å². The Balaban J connectivity index is 1.46. The fraction of sp³-hybridized carbons (Fsp3) is 0.478. The first-order valence-electron chi connectivity index (χ1n) is 9.51. The molecule has 1 aliphatic heterocycles. The molecule has 1 aliphatic carbocycles. The van der Waals surface area contributed by atoms with Crippen molar-refractivity contribution in [1.29, 1.82) is 0 Å². The summed E-state index contributed by atoms with van der Waals surface area (Å²) >= 11 is 0. The van der Waals surface area contributed by atoms with Gasteiger partial charge in [0.05, 0.1) is 13.2 Å². The van der Waals surface area contributed by atoms with Crippen LogP contribution in [0.5, 0.6) is 0 Å². The van der Waals surface area contributed by atoms with E-state index in [0.717, 1.165) is 45.3 Å². The summed E-state index contributed by atoms with van der Waals surface area (Å²) in [7, 11) is 0. The van der Waals surface area contributed by atoms with Crippen LogP contribution >= 0.6 is 0 Å². The molecule has 1 saturated carbocycles. The van der Waals surface area contributed by atoms with Crippen molar-refractivity contribution < 1.29 is 9.47 Å². The van der Waals surface area contributed by atoms with Crippen LogP contribution in [0.4, 0.5) is 0 Å². The summed E-state index contributed by atoms with van der Waals surface area (Å²) < 4.78 is 11.8. The van der Waals surface area contributed by atoms with Gasteiger partial charge in [0.15, 0.2) is 5.79 Å². The van der Waals surface area contributed by atoms with E-state index in [9.17, 15) is 0 Å². The second-order valence-corrected chi connectivity index (χ2v) is 7.97. The molecule has 0 unspecified atom stereocenters. The first-order chi connectivity index (χ1) is 12.1. The predicted molar refractivity (Wildman–Crippen MR) is 101 cm³/mol. The van der Waals surface area contributed by atoms with E-state index >= 15 is 0 Å². The van der Waals surface area contributed by atoms with Crippen LogP contribution in [0, 0.1) is 6.92 Å². The zero-order valence-corrected chi connectivity index (χ0v) is 15.4. The highest BCUT2D eigenvalue weighted by atomic mass is 16.7. The summed E-state index contributed by atoms with van der Waals surface area (Å²) in [6.07, 6.45) is 5.28. The molecule has 4 rings (SSSR count). The molecule has 0 bridgehead atoms. The molecule has 0 atom stereocenters. The van der Waals surface area contributed by atoms with Gasteiger partial charge in [-0.15, -0.1) is 0 Å². The smallest absolute Gasteiger partial charge is 0.168 e. The molecule has 2 aliphatic rings. The molecule has 1 spiro atoms. The molecule has 1 heterocycles. The van der Waals surface area contributed by atoms with Gasteiger partial charge in [0.25, 0.3) is 0 Å². The van der Waals surface area contributed by atoms with Crippen molar-refractivity contribution in [2.45, 2.75) is 57.2 Å². The van der Waals surface area contributed by atoms with E-state index in [4.69, 9.17) is 9.47 Å². The highest BCUT2D eigenvalue weighted by Crippen LogP contribution is 2.46. The topological polar surface area (TPSA) is 18.5 Å². The van der Waals surface area contributed by atoms with Gasteiger partial charge in [-0.3, -0.25) is 0 Å². The van der Waals surface area contributed by atoms with Crippen LogP contribution in [0.2, 0.25) is 0 Å². The van der Waals surface area contributed by atoms with Gasteiger partial charge >= 0.3 is 0 Å². The lowest BCUT2D eigenvalue weighted by Gasteiger charge is -2.42. The molecule has 2 fully saturated rings. The highest BCUT2D eigenvalue weighted by molar-refractivity contribution is 5.35. The predicted octanol–water partition coefficient (Wildman–Crippen LogP) is 5.16. The highest BCUT2D eigenvalue weighted by Gasteiger charge is 2.44. The average molecular weight is 336 g/mol. The number of hydrogen-bond acceptors (Lipinski definition) is 2. The quantitative estimate of drug-likeness (QED) is 0.771.